The zero-order valence-corrected chi connectivity index (χ0v) is 11.8. The fraction of sp³-hybridized carbons (Fsp3) is 1.00. The van der Waals surface area contributed by atoms with E-state index in [0.29, 0.717) is 5.54 Å². The van der Waals surface area contributed by atoms with Crippen LogP contribution in [0.2, 0.25) is 0 Å². The van der Waals surface area contributed by atoms with Gasteiger partial charge in [0.25, 0.3) is 0 Å². The number of nitrogens with one attached hydrogen (secondary N) is 1. The first kappa shape index (κ1) is 14.0. The summed E-state index contributed by atoms with van der Waals surface area (Å²) >= 11 is 0. The first-order valence-corrected chi connectivity index (χ1v) is 6.89. The van der Waals surface area contributed by atoms with Crippen molar-refractivity contribution in [2.24, 2.45) is 5.92 Å². The monoisotopic (exact) mass is 226 g/mol. The maximum atomic E-state index is 3.47. The highest BCUT2D eigenvalue weighted by molar-refractivity contribution is 4.84. The highest BCUT2D eigenvalue weighted by Crippen LogP contribution is 2.29. The van der Waals surface area contributed by atoms with Gasteiger partial charge in [0.1, 0.15) is 0 Å². The summed E-state index contributed by atoms with van der Waals surface area (Å²) in [4.78, 5) is 2.53. The van der Waals surface area contributed by atoms with E-state index in [-0.39, 0.29) is 0 Å². The van der Waals surface area contributed by atoms with Crippen LogP contribution in [0.1, 0.15) is 52.9 Å². The average molecular weight is 226 g/mol. The summed E-state index contributed by atoms with van der Waals surface area (Å²) in [6.45, 7) is 8.21. The number of hydrogen-bond donors (Lipinski definition) is 1. The van der Waals surface area contributed by atoms with E-state index in [0.717, 1.165) is 12.0 Å². The van der Waals surface area contributed by atoms with Gasteiger partial charge in [0.2, 0.25) is 0 Å². The maximum Gasteiger partial charge on any atom is 0.0147 e. The lowest BCUT2D eigenvalue weighted by atomic mass is 9.96. The highest BCUT2D eigenvalue weighted by atomic mass is 15.2. The molecule has 16 heavy (non-hydrogen) atoms. The lowest BCUT2D eigenvalue weighted by Crippen LogP contribution is -2.42. The minimum Gasteiger partial charge on any atom is -0.317 e. The van der Waals surface area contributed by atoms with Crippen molar-refractivity contribution in [3.8, 4) is 0 Å². The fourth-order valence-corrected chi connectivity index (χ4v) is 2.69. The summed E-state index contributed by atoms with van der Waals surface area (Å²) in [6.07, 6.45) is 6.79. The van der Waals surface area contributed by atoms with Gasteiger partial charge < -0.3 is 10.2 Å². The van der Waals surface area contributed by atoms with E-state index < -0.39 is 0 Å². The molecule has 0 amide bonds. The molecule has 1 N–H and O–H groups in total. The summed E-state index contributed by atoms with van der Waals surface area (Å²) in [5.41, 5.74) is 0.355. The smallest absolute Gasteiger partial charge is 0.0147 e. The molecule has 1 aliphatic rings. The molecule has 0 saturated heterocycles. The molecule has 0 aromatic carbocycles. The van der Waals surface area contributed by atoms with Crippen LogP contribution in [0.4, 0.5) is 0 Å². The van der Waals surface area contributed by atoms with Crippen LogP contribution in [0.15, 0.2) is 0 Å². The van der Waals surface area contributed by atoms with Crippen molar-refractivity contribution in [2.75, 3.05) is 20.6 Å². The Morgan fingerprint density at radius 2 is 2.00 bits per heavy atom. The Morgan fingerprint density at radius 1 is 1.31 bits per heavy atom. The molecular weight excluding hydrogens is 196 g/mol. The van der Waals surface area contributed by atoms with Crippen LogP contribution in [0.3, 0.4) is 0 Å². The standard InChI is InChI=1S/C14H30N2/c1-6-14(2,3)16(5)11-10-12-8-7-9-13(12)15-4/h12-13,15H,6-11H2,1-5H3. The van der Waals surface area contributed by atoms with Crippen LogP contribution >= 0.6 is 0 Å². The Labute approximate surface area is 102 Å². The first-order chi connectivity index (χ1) is 7.51. The van der Waals surface area contributed by atoms with Crippen LogP contribution in [-0.2, 0) is 0 Å². The summed E-state index contributed by atoms with van der Waals surface area (Å²) in [5, 5.41) is 3.47. The van der Waals surface area contributed by atoms with Gasteiger partial charge in [0.15, 0.2) is 0 Å². The van der Waals surface area contributed by atoms with Crippen LogP contribution in [-0.4, -0.2) is 37.1 Å². The second-order valence-corrected chi connectivity index (χ2v) is 5.96. The third-order valence-corrected chi connectivity index (χ3v) is 4.76. The van der Waals surface area contributed by atoms with Gasteiger partial charge in [-0.3, -0.25) is 0 Å². The van der Waals surface area contributed by atoms with E-state index in [1.54, 1.807) is 0 Å². The van der Waals surface area contributed by atoms with Crippen LogP contribution in [0, 0.1) is 5.92 Å². The van der Waals surface area contributed by atoms with E-state index in [2.05, 4.69) is 45.1 Å². The zero-order chi connectivity index (χ0) is 12.2. The van der Waals surface area contributed by atoms with E-state index in [9.17, 15) is 0 Å². The van der Waals surface area contributed by atoms with Crippen molar-refractivity contribution in [2.45, 2.75) is 64.5 Å². The van der Waals surface area contributed by atoms with Crippen molar-refractivity contribution in [1.82, 2.24) is 10.2 Å². The van der Waals surface area contributed by atoms with E-state index in [1.807, 2.05) is 0 Å². The molecule has 0 heterocycles. The molecule has 1 rings (SSSR count). The van der Waals surface area contributed by atoms with Gasteiger partial charge >= 0.3 is 0 Å². The molecule has 2 heteroatoms. The van der Waals surface area contributed by atoms with Gasteiger partial charge in [0, 0.05) is 11.6 Å². The quantitative estimate of drug-likeness (QED) is 0.749. The Balaban J connectivity index is 2.34. The summed E-state index contributed by atoms with van der Waals surface area (Å²) in [7, 11) is 4.38. The topological polar surface area (TPSA) is 15.3 Å². The molecule has 0 spiro atoms. The van der Waals surface area contributed by atoms with Crippen LogP contribution < -0.4 is 5.32 Å². The lowest BCUT2D eigenvalue weighted by molar-refractivity contribution is 0.139. The fourth-order valence-electron chi connectivity index (χ4n) is 2.69. The van der Waals surface area contributed by atoms with Crippen LogP contribution in [0.25, 0.3) is 0 Å². The molecule has 2 atom stereocenters. The van der Waals surface area contributed by atoms with Crippen molar-refractivity contribution in [1.29, 1.82) is 0 Å². The molecule has 0 bridgehead atoms. The molecule has 1 saturated carbocycles. The molecule has 0 aromatic heterocycles. The number of rotatable bonds is 6. The minimum atomic E-state index is 0.355. The third kappa shape index (κ3) is 3.46. The normalized spacial score (nSPS) is 26.6. The predicted octanol–water partition coefficient (Wildman–Crippen LogP) is 2.89. The maximum absolute atomic E-state index is 3.47. The molecule has 0 radical (unpaired) electrons. The first-order valence-electron chi connectivity index (χ1n) is 6.89. The Morgan fingerprint density at radius 3 is 2.56 bits per heavy atom. The van der Waals surface area contributed by atoms with E-state index in [4.69, 9.17) is 0 Å². The number of nitrogens with zero attached hydrogens (tertiary/aromatic N) is 1. The average Bonchev–Trinajstić information content (AvgIpc) is 2.72. The molecule has 0 aliphatic heterocycles. The third-order valence-electron chi connectivity index (χ3n) is 4.76. The number of hydrogen-bond acceptors (Lipinski definition) is 2. The highest BCUT2D eigenvalue weighted by Gasteiger charge is 2.27. The summed E-state index contributed by atoms with van der Waals surface area (Å²) < 4.78 is 0. The summed E-state index contributed by atoms with van der Waals surface area (Å²) in [6, 6.07) is 0.776. The van der Waals surface area contributed by atoms with Gasteiger partial charge in [0.05, 0.1) is 0 Å². The Bertz CT molecular complexity index is 199. The molecule has 96 valence electrons. The zero-order valence-electron chi connectivity index (χ0n) is 11.8. The van der Waals surface area contributed by atoms with Gasteiger partial charge in [-0.25, -0.2) is 0 Å². The predicted molar refractivity (Wildman–Crippen MR) is 71.8 cm³/mol. The Hall–Kier alpha value is -0.0800. The lowest BCUT2D eigenvalue weighted by Gasteiger charge is -2.36. The Kier molecular flexibility index (Phi) is 5.26. The molecular formula is C14H30N2. The second-order valence-electron chi connectivity index (χ2n) is 5.96. The van der Waals surface area contributed by atoms with Gasteiger partial charge in [-0.05, 0) is 66.1 Å². The molecule has 2 unspecified atom stereocenters. The largest absolute Gasteiger partial charge is 0.317 e. The molecule has 1 aliphatic carbocycles. The molecule has 1 fully saturated rings. The van der Waals surface area contributed by atoms with Crippen molar-refractivity contribution in [3.05, 3.63) is 0 Å². The second kappa shape index (κ2) is 6.02. The van der Waals surface area contributed by atoms with Crippen molar-refractivity contribution in [3.63, 3.8) is 0 Å². The molecule has 0 aromatic rings. The minimum absolute atomic E-state index is 0.355. The van der Waals surface area contributed by atoms with Crippen LogP contribution in [0.5, 0.6) is 0 Å². The SMILES string of the molecule is CCC(C)(C)N(C)CCC1CCCC1NC. The van der Waals surface area contributed by atoms with Gasteiger partial charge in [-0.1, -0.05) is 13.3 Å². The van der Waals surface area contributed by atoms with Gasteiger partial charge in [-0.2, -0.15) is 0 Å². The van der Waals surface area contributed by atoms with Gasteiger partial charge in [-0.15, -0.1) is 0 Å². The summed E-state index contributed by atoms with van der Waals surface area (Å²) in [5.74, 6) is 0.903. The van der Waals surface area contributed by atoms with Crippen molar-refractivity contribution >= 4 is 0 Å². The van der Waals surface area contributed by atoms with E-state index in [1.165, 1.54) is 38.6 Å². The van der Waals surface area contributed by atoms with E-state index >= 15 is 0 Å². The molecule has 2 nitrogen and oxygen atoms in total. The van der Waals surface area contributed by atoms with Crippen molar-refractivity contribution < 1.29 is 0 Å².